The van der Waals surface area contributed by atoms with Crippen LogP contribution in [0.5, 0.6) is 0 Å². The van der Waals surface area contributed by atoms with Gasteiger partial charge in [0.05, 0.1) is 17.7 Å². The summed E-state index contributed by atoms with van der Waals surface area (Å²) >= 11 is 0. The zero-order valence-corrected chi connectivity index (χ0v) is 11.1. The van der Waals surface area contributed by atoms with Crippen LogP contribution in [0.3, 0.4) is 0 Å². The second-order valence-electron chi connectivity index (χ2n) is 5.56. The molecule has 2 aliphatic rings. The first-order valence-corrected chi connectivity index (χ1v) is 6.89. The van der Waals surface area contributed by atoms with Gasteiger partial charge in [-0.15, -0.1) is 0 Å². The molecular weight excluding hydrogens is 232 g/mol. The molecule has 1 saturated carbocycles. The minimum atomic E-state index is -0.687. The van der Waals surface area contributed by atoms with Crippen LogP contribution in [0.2, 0.25) is 0 Å². The highest BCUT2D eigenvalue weighted by Gasteiger charge is 2.33. The number of methoxy groups -OCH3 is 1. The van der Waals surface area contributed by atoms with E-state index in [0.29, 0.717) is 13.0 Å². The zero-order valence-electron chi connectivity index (χ0n) is 11.1. The van der Waals surface area contributed by atoms with Crippen LogP contribution in [0.15, 0.2) is 0 Å². The molecule has 18 heavy (non-hydrogen) atoms. The van der Waals surface area contributed by atoms with Crippen molar-refractivity contribution in [2.45, 2.75) is 56.3 Å². The molecule has 0 aromatic carbocycles. The maximum atomic E-state index is 12.0. The largest absolute Gasteiger partial charge is 0.388 e. The maximum Gasteiger partial charge on any atom is 0.237 e. The number of carbonyl (C=O) groups is 1. The van der Waals surface area contributed by atoms with Gasteiger partial charge in [-0.1, -0.05) is 19.3 Å². The van der Waals surface area contributed by atoms with E-state index in [0.717, 1.165) is 32.2 Å². The van der Waals surface area contributed by atoms with E-state index in [1.807, 2.05) is 0 Å². The summed E-state index contributed by atoms with van der Waals surface area (Å²) in [6.07, 6.45) is 5.73. The van der Waals surface area contributed by atoms with E-state index in [1.54, 1.807) is 7.11 Å². The Bertz CT molecular complexity index is 290. The Morgan fingerprint density at radius 1 is 1.44 bits per heavy atom. The fourth-order valence-electron chi connectivity index (χ4n) is 2.84. The van der Waals surface area contributed by atoms with E-state index in [2.05, 4.69) is 10.6 Å². The zero-order chi connectivity index (χ0) is 13.0. The average Bonchev–Trinajstić information content (AvgIpc) is 2.86. The van der Waals surface area contributed by atoms with Crippen molar-refractivity contribution in [3.05, 3.63) is 0 Å². The molecule has 0 aromatic heterocycles. The van der Waals surface area contributed by atoms with Crippen molar-refractivity contribution in [1.82, 2.24) is 10.6 Å². The molecule has 1 saturated heterocycles. The van der Waals surface area contributed by atoms with Gasteiger partial charge < -0.3 is 20.5 Å². The lowest BCUT2D eigenvalue weighted by Gasteiger charge is -2.32. The second kappa shape index (κ2) is 5.99. The molecule has 104 valence electrons. The van der Waals surface area contributed by atoms with Gasteiger partial charge in [-0.2, -0.15) is 0 Å². The van der Waals surface area contributed by atoms with Crippen molar-refractivity contribution >= 4 is 5.91 Å². The van der Waals surface area contributed by atoms with Crippen molar-refractivity contribution in [3.63, 3.8) is 0 Å². The molecule has 1 aliphatic carbocycles. The first kappa shape index (κ1) is 13.8. The van der Waals surface area contributed by atoms with E-state index in [4.69, 9.17) is 4.74 Å². The number of aliphatic hydroxyl groups is 1. The Morgan fingerprint density at radius 2 is 2.17 bits per heavy atom. The topological polar surface area (TPSA) is 70.6 Å². The fourth-order valence-corrected chi connectivity index (χ4v) is 2.84. The van der Waals surface area contributed by atoms with Crippen molar-refractivity contribution in [2.75, 3.05) is 20.2 Å². The third kappa shape index (κ3) is 3.43. The van der Waals surface area contributed by atoms with Crippen LogP contribution in [0, 0.1) is 0 Å². The molecule has 3 N–H and O–H groups in total. The molecule has 0 aromatic rings. The van der Waals surface area contributed by atoms with Gasteiger partial charge in [0.1, 0.15) is 0 Å². The number of hydrogen-bond donors (Lipinski definition) is 3. The predicted molar refractivity (Wildman–Crippen MR) is 68.2 cm³/mol. The molecule has 0 spiro atoms. The Balaban J connectivity index is 1.74. The molecule has 1 amide bonds. The highest BCUT2D eigenvalue weighted by Crippen LogP contribution is 2.27. The minimum Gasteiger partial charge on any atom is -0.388 e. The summed E-state index contributed by atoms with van der Waals surface area (Å²) in [6.45, 7) is 1.10. The summed E-state index contributed by atoms with van der Waals surface area (Å²) < 4.78 is 5.21. The molecule has 1 aliphatic heterocycles. The van der Waals surface area contributed by atoms with Crippen molar-refractivity contribution < 1.29 is 14.6 Å². The number of nitrogens with one attached hydrogen (secondary N) is 2. The molecule has 0 radical (unpaired) electrons. The molecule has 2 fully saturated rings. The fraction of sp³-hybridized carbons (Fsp3) is 0.923. The Kier molecular flexibility index (Phi) is 4.59. The third-order valence-corrected chi connectivity index (χ3v) is 4.12. The van der Waals surface area contributed by atoms with Gasteiger partial charge in [-0.25, -0.2) is 0 Å². The molecule has 5 nitrogen and oxygen atoms in total. The monoisotopic (exact) mass is 256 g/mol. The molecule has 2 atom stereocenters. The van der Waals surface area contributed by atoms with E-state index in [-0.39, 0.29) is 18.1 Å². The number of amides is 1. The van der Waals surface area contributed by atoms with Crippen molar-refractivity contribution in [2.24, 2.45) is 0 Å². The first-order valence-electron chi connectivity index (χ1n) is 6.89. The van der Waals surface area contributed by atoms with Gasteiger partial charge in [0.2, 0.25) is 5.91 Å². The van der Waals surface area contributed by atoms with E-state index in [1.165, 1.54) is 6.42 Å². The molecule has 2 rings (SSSR count). The van der Waals surface area contributed by atoms with Gasteiger partial charge in [0.15, 0.2) is 0 Å². The molecule has 0 bridgehead atoms. The first-order chi connectivity index (χ1) is 8.63. The van der Waals surface area contributed by atoms with Crippen LogP contribution in [-0.4, -0.2) is 49.0 Å². The van der Waals surface area contributed by atoms with E-state index in [9.17, 15) is 9.90 Å². The number of hydrogen-bond acceptors (Lipinski definition) is 4. The molecular formula is C13H24N2O3. The van der Waals surface area contributed by atoms with Gasteiger partial charge >= 0.3 is 0 Å². The van der Waals surface area contributed by atoms with Crippen LogP contribution in [0.4, 0.5) is 0 Å². The molecule has 5 heteroatoms. The van der Waals surface area contributed by atoms with Crippen LogP contribution in [-0.2, 0) is 9.53 Å². The standard InChI is InChI=1S/C13H24N2O3/c1-18-10-7-11(14-8-10)12(16)15-9-13(17)5-3-2-4-6-13/h10-11,14,17H,2-9H2,1H3,(H,15,16). The Hall–Kier alpha value is -0.650. The quantitative estimate of drug-likeness (QED) is 0.671. The summed E-state index contributed by atoms with van der Waals surface area (Å²) in [5.41, 5.74) is -0.687. The number of rotatable bonds is 4. The highest BCUT2D eigenvalue weighted by molar-refractivity contribution is 5.82. The van der Waals surface area contributed by atoms with Gasteiger partial charge in [-0.3, -0.25) is 4.79 Å². The summed E-state index contributed by atoms with van der Waals surface area (Å²) in [5, 5.41) is 16.3. The highest BCUT2D eigenvalue weighted by atomic mass is 16.5. The lowest BCUT2D eigenvalue weighted by molar-refractivity contribution is -0.124. The predicted octanol–water partition coefficient (Wildman–Crippen LogP) is 0.175. The van der Waals surface area contributed by atoms with E-state index < -0.39 is 5.60 Å². The van der Waals surface area contributed by atoms with Crippen LogP contribution >= 0.6 is 0 Å². The summed E-state index contributed by atoms with van der Waals surface area (Å²) in [5.74, 6) is -0.0199. The van der Waals surface area contributed by atoms with E-state index >= 15 is 0 Å². The summed E-state index contributed by atoms with van der Waals surface area (Å²) in [7, 11) is 1.66. The maximum absolute atomic E-state index is 12.0. The van der Waals surface area contributed by atoms with Gasteiger partial charge in [-0.05, 0) is 19.3 Å². The lowest BCUT2D eigenvalue weighted by Crippen LogP contribution is -2.48. The third-order valence-electron chi connectivity index (χ3n) is 4.12. The lowest BCUT2D eigenvalue weighted by atomic mass is 9.85. The van der Waals surface area contributed by atoms with Crippen molar-refractivity contribution in [1.29, 1.82) is 0 Å². The summed E-state index contributed by atoms with van der Waals surface area (Å²) in [6, 6.07) is -0.179. The number of ether oxygens (including phenoxy) is 1. The SMILES string of the molecule is COC1CNC(C(=O)NCC2(O)CCCCC2)C1. The van der Waals surface area contributed by atoms with Gasteiger partial charge in [0, 0.05) is 20.2 Å². The minimum absolute atomic E-state index is 0.0199. The number of carbonyl (C=O) groups excluding carboxylic acids is 1. The van der Waals surface area contributed by atoms with Crippen LogP contribution in [0.1, 0.15) is 38.5 Å². The summed E-state index contributed by atoms with van der Waals surface area (Å²) in [4.78, 5) is 12.0. The molecule has 1 heterocycles. The Labute approximate surface area is 108 Å². The second-order valence-corrected chi connectivity index (χ2v) is 5.56. The smallest absolute Gasteiger partial charge is 0.237 e. The van der Waals surface area contributed by atoms with Gasteiger partial charge in [0.25, 0.3) is 0 Å². The Morgan fingerprint density at radius 3 is 2.78 bits per heavy atom. The normalized spacial score (nSPS) is 31.2. The van der Waals surface area contributed by atoms with Crippen molar-refractivity contribution in [3.8, 4) is 0 Å². The average molecular weight is 256 g/mol. The van der Waals surface area contributed by atoms with Crippen LogP contribution in [0.25, 0.3) is 0 Å². The van der Waals surface area contributed by atoms with Crippen LogP contribution < -0.4 is 10.6 Å². The molecule has 2 unspecified atom stereocenters.